The maximum atomic E-state index is 12.8. The molecule has 0 saturated heterocycles. The lowest BCUT2D eigenvalue weighted by molar-refractivity contribution is 0.102. The summed E-state index contributed by atoms with van der Waals surface area (Å²) in [7, 11) is 0. The first-order chi connectivity index (χ1) is 11.7. The molecule has 2 heterocycles. The lowest BCUT2D eigenvalue weighted by atomic mass is 10.1. The maximum absolute atomic E-state index is 12.8. The number of Topliss-reactive ketones (excluding diaryl/α,β-unsaturated/α-hetero) is 1. The molecule has 3 aromatic rings. The maximum Gasteiger partial charge on any atom is 0.175 e. The molecule has 4 nitrogen and oxygen atoms in total. The van der Waals surface area contributed by atoms with E-state index in [9.17, 15) is 4.79 Å². The third kappa shape index (κ3) is 2.81. The van der Waals surface area contributed by atoms with Gasteiger partial charge in [0.1, 0.15) is 11.1 Å². The SMILES string of the molecule is CCn1c(C)c(C(=O)CSc2ncccc2C#N)c2ccccc21. The van der Waals surface area contributed by atoms with Crippen molar-refractivity contribution in [3.8, 4) is 6.07 Å². The number of nitriles is 1. The number of pyridine rings is 1. The van der Waals surface area contributed by atoms with Crippen LogP contribution < -0.4 is 0 Å². The molecule has 0 unspecified atom stereocenters. The van der Waals surface area contributed by atoms with Gasteiger partial charge < -0.3 is 4.57 Å². The molecule has 0 aliphatic heterocycles. The number of thioether (sulfide) groups is 1. The predicted octanol–water partition coefficient (Wildman–Crippen LogP) is 4.21. The van der Waals surface area contributed by atoms with Crippen LogP contribution in [0.4, 0.5) is 0 Å². The fourth-order valence-electron chi connectivity index (χ4n) is 2.99. The number of aromatic nitrogens is 2. The minimum atomic E-state index is 0.0652. The molecule has 0 aliphatic rings. The van der Waals surface area contributed by atoms with Crippen LogP contribution in [0.1, 0.15) is 28.5 Å². The molecule has 0 amide bonds. The number of aryl methyl sites for hydroxylation is 1. The van der Waals surface area contributed by atoms with Crippen LogP contribution in [0.15, 0.2) is 47.6 Å². The van der Waals surface area contributed by atoms with Crippen molar-refractivity contribution in [2.75, 3.05) is 5.75 Å². The van der Waals surface area contributed by atoms with Gasteiger partial charge in [0.05, 0.1) is 11.3 Å². The highest BCUT2D eigenvalue weighted by Crippen LogP contribution is 2.28. The summed E-state index contributed by atoms with van der Waals surface area (Å²) in [6, 6.07) is 13.5. The van der Waals surface area contributed by atoms with Gasteiger partial charge in [-0.25, -0.2) is 4.98 Å². The first kappa shape index (κ1) is 16.3. The number of carbonyl (C=O) groups excluding carboxylic acids is 1. The smallest absolute Gasteiger partial charge is 0.175 e. The van der Waals surface area contributed by atoms with E-state index in [0.29, 0.717) is 10.6 Å². The summed E-state index contributed by atoms with van der Waals surface area (Å²) >= 11 is 1.32. The standard InChI is InChI=1S/C19H17N3OS/c1-3-22-13(2)18(15-8-4-5-9-16(15)22)17(23)12-24-19-14(11-20)7-6-10-21-19/h4-10H,3,12H2,1-2H3. The number of rotatable bonds is 5. The van der Waals surface area contributed by atoms with E-state index in [1.807, 2.05) is 31.2 Å². The quantitative estimate of drug-likeness (QED) is 0.517. The Balaban J connectivity index is 1.93. The summed E-state index contributed by atoms with van der Waals surface area (Å²) in [5.41, 5.74) is 3.35. The zero-order valence-corrected chi connectivity index (χ0v) is 14.4. The number of nitrogens with zero attached hydrogens (tertiary/aromatic N) is 3. The molecule has 5 heteroatoms. The molecule has 0 bridgehead atoms. The average molecular weight is 335 g/mol. The number of hydrogen-bond donors (Lipinski definition) is 0. The molecule has 120 valence electrons. The molecule has 24 heavy (non-hydrogen) atoms. The number of para-hydroxylation sites is 1. The summed E-state index contributed by atoms with van der Waals surface area (Å²) in [5, 5.41) is 10.7. The molecular weight excluding hydrogens is 318 g/mol. The highest BCUT2D eigenvalue weighted by atomic mass is 32.2. The van der Waals surface area contributed by atoms with Crippen molar-refractivity contribution in [3.05, 3.63) is 59.4 Å². The lowest BCUT2D eigenvalue weighted by Crippen LogP contribution is -2.06. The average Bonchev–Trinajstić information content (AvgIpc) is 2.91. The van der Waals surface area contributed by atoms with Crippen molar-refractivity contribution >= 4 is 28.4 Å². The second kappa shape index (κ2) is 6.90. The number of carbonyl (C=O) groups is 1. The minimum absolute atomic E-state index is 0.0652. The van der Waals surface area contributed by atoms with E-state index in [2.05, 4.69) is 22.5 Å². The third-order valence-electron chi connectivity index (χ3n) is 4.06. The molecule has 0 aliphatic carbocycles. The van der Waals surface area contributed by atoms with Crippen LogP contribution in [0.5, 0.6) is 0 Å². The topological polar surface area (TPSA) is 58.7 Å². The van der Waals surface area contributed by atoms with Gasteiger partial charge in [-0.2, -0.15) is 5.26 Å². The Bertz CT molecular complexity index is 953. The Kier molecular flexibility index (Phi) is 4.68. The third-order valence-corrected chi connectivity index (χ3v) is 5.06. The molecule has 2 aromatic heterocycles. The molecular formula is C19H17N3OS. The summed E-state index contributed by atoms with van der Waals surface area (Å²) < 4.78 is 2.16. The van der Waals surface area contributed by atoms with E-state index in [0.717, 1.165) is 28.7 Å². The van der Waals surface area contributed by atoms with E-state index >= 15 is 0 Å². The van der Waals surface area contributed by atoms with Crippen molar-refractivity contribution in [2.24, 2.45) is 0 Å². The van der Waals surface area contributed by atoms with Crippen LogP contribution in [0.3, 0.4) is 0 Å². The molecule has 3 rings (SSSR count). The van der Waals surface area contributed by atoms with Gasteiger partial charge in [-0.3, -0.25) is 4.79 Å². The Labute approximate surface area is 145 Å². The summed E-state index contributed by atoms with van der Waals surface area (Å²) in [6.45, 7) is 4.89. The number of fused-ring (bicyclic) bond motifs is 1. The number of benzene rings is 1. The van der Waals surface area contributed by atoms with Gasteiger partial charge in [-0.05, 0) is 32.0 Å². The first-order valence-corrected chi connectivity index (χ1v) is 8.74. The Morgan fingerprint density at radius 3 is 2.83 bits per heavy atom. The number of hydrogen-bond acceptors (Lipinski definition) is 4. The normalized spacial score (nSPS) is 10.7. The van der Waals surface area contributed by atoms with Crippen LogP contribution in [0, 0.1) is 18.3 Å². The largest absolute Gasteiger partial charge is 0.344 e. The van der Waals surface area contributed by atoms with E-state index in [4.69, 9.17) is 5.26 Å². The Morgan fingerprint density at radius 1 is 1.29 bits per heavy atom. The zero-order chi connectivity index (χ0) is 17.1. The van der Waals surface area contributed by atoms with Gasteiger partial charge >= 0.3 is 0 Å². The summed E-state index contributed by atoms with van der Waals surface area (Å²) in [5.74, 6) is 0.333. The monoisotopic (exact) mass is 335 g/mol. The fraction of sp³-hybridized carbons (Fsp3) is 0.211. The van der Waals surface area contributed by atoms with E-state index < -0.39 is 0 Å². The lowest BCUT2D eigenvalue weighted by Gasteiger charge is -2.05. The van der Waals surface area contributed by atoms with Crippen molar-refractivity contribution in [3.63, 3.8) is 0 Å². The van der Waals surface area contributed by atoms with E-state index in [1.54, 1.807) is 18.3 Å². The van der Waals surface area contributed by atoms with Crippen LogP contribution >= 0.6 is 11.8 Å². The fourth-order valence-corrected chi connectivity index (χ4v) is 3.80. The van der Waals surface area contributed by atoms with Gasteiger partial charge in [0, 0.05) is 34.9 Å². The van der Waals surface area contributed by atoms with Gasteiger partial charge in [0.25, 0.3) is 0 Å². The highest BCUT2D eigenvalue weighted by Gasteiger charge is 2.19. The second-order valence-corrected chi connectivity index (χ2v) is 6.37. The molecule has 0 fully saturated rings. The number of ketones is 1. The van der Waals surface area contributed by atoms with Crippen molar-refractivity contribution in [1.82, 2.24) is 9.55 Å². The minimum Gasteiger partial charge on any atom is -0.344 e. The van der Waals surface area contributed by atoms with Crippen molar-refractivity contribution in [2.45, 2.75) is 25.4 Å². The predicted molar refractivity (Wildman–Crippen MR) is 96.4 cm³/mol. The summed E-state index contributed by atoms with van der Waals surface area (Å²) in [4.78, 5) is 17.0. The molecule has 0 atom stereocenters. The highest BCUT2D eigenvalue weighted by molar-refractivity contribution is 8.00. The molecule has 1 aromatic carbocycles. The van der Waals surface area contributed by atoms with E-state index in [-0.39, 0.29) is 11.5 Å². The van der Waals surface area contributed by atoms with Crippen LogP contribution in [0.25, 0.3) is 10.9 Å². The van der Waals surface area contributed by atoms with Gasteiger partial charge in [0.15, 0.2) is 5.78 Å². The van der Waals surface area contributed by atoms with Gasteiger partial charge in [-0.15, -0.1) is 0 Å². The van der Waals surface area contributed by atoms with Gasteiger partial charge in [-0.1, -0.05) is 30.0 Å². The molecule has 0 N–H and O–H groups in total. The van der Waals surface area contributed by atoms with Crippen LogP contribution in [-0.2, 0) is 6.54 Å². The Morgan fingerprint density at radius 2 is 2.08 bits per heavy atom. The second-order valence-electron chi connectivity index (χ2n) is 5.40. The first-order valence-electron chi connectivity index (χ1n) is 7.76. The van der Waals surface area contributed by atoms with Gasteiger partial charge in [0.2, 0.25) is 0 Å². The molecule has 0 saturated carbocycles. The van der Waals surface area contributed by atoms with E-state index in [1.165, 1.54) is 11.8 Å². The van der Waals surface area contributed by atoms with Crippen molar-refractivity contribution < 1.29 is 4.79 Å². The van der Waals surface area contributed by atoms with Crippen LogP contribution in [0.2, 0.25) is 0 Å². The van der Waals surface area contributed by atoms with Crippen LogP contribution in [-0.4, -0.2) is 21.1 Å². The summed E-state index contributed by atoms with van der Waals surface area (Å²) in [6.07, 6.45) is 1.64. The van der Waals surface area contributed by atoms with Crippen molar-refractivity contribution in [1.29, 1.82) is 5.26 Å². The Hall–Kier alpha value is -2.58. The zero-order valence-electron chi connectivity index (χ0n) is 13.6. The molecule has 0 radical (unpaired) electrons. The molecule has 0 spiro atoms.